The van der Waals surface area contributed by atoms with Gasteiger partial charge in [-0.2, -0.15) is 5.26 Å². The van der Waals surface area contributed by atoms with E-state index < -0.39 is 0 Å². The average Bonchev–Trinajstić information content (AvgIpc) is 3.26. The van der Waals surface area contributed by atoms with E-state index in [1.807, 2.05) is 19.1 Å². The summed E-state index contributed by atoms with van der Waals surface area (Å²) in [6.07, 6.45) is 2.65. The molecule has 0 amide bonds. The molecule has 2 N–H and O–H groups in total. The van der Waals surface area contributed by atoms with E-state index in [1.54, 1.807) is 12.1 Å². The number of nitrogens with one attached hydrogen (secondary N) is 1. The van der Waals surface area contributed by atoms with Crippen molar-refractivity contribution in [3.63, 3.8) is 0 Å². The molecule has 5 heteroatoms. The van der Waals surface area contributed by atoms with Crippen LogP contribution in [0, 0.1) is 17.2 Å². The van der Waals surface area contributed by atoms with Gasteiger partial charge in [0.05, 0.1) is 0 Å². The zero-order valence-electron chi connectivity index (χ0n) is 11.1. The zero-order valence-corrected chi connectivity index (χ0v) is 12.7. The van der Waals surface area contributed by atoms with Crippen molar-refractivity contribution in [2.45, 2.75) is 26.2 Å². The van der Waals surface area contributed by atoms with Crippen LogP contribution in [0.1, 0.15) is 25.3 Å². The molecule has 0 bridgehead atoms. The molecule has 1 aromatic rings. The number of hydrogen-bond donors (Lipinski definition) is 2. The average molecular weight is 307 g/mol. The van der Waals surface area contributed by atoms with Gasteiger partial charge < -0.3 is 10.4 Å². The second-order valence-corrected chi connectivity index (χ2v) is 5.58. The number of benzene rings is 1. The molecule has 1 fully saturated rings. The topological polar surface area (TPSA) is 56.0 Å². The van der Waals surface area contributed by atoms with Gasteiger partial charge in [-0.05, 0) is 43.0 Å². The summed E-state index contributed by atoms with van der Waals surface area (Å²) in [5.41, 5.74) is 1.94. The Hall–Kier alpha value is -1.57. The number of aliphatic hydroxyl groups is 1. The summed E-state index contributed by atoms with van der Waals surface area (Å²) in [5, 5.41) is 22.8. The van der Waals surface area contributed by atoms with Gasteiger partial charge in [0.1, 0.15) is 22.4 Å². The van der Waals surface area contributed by atoms with E-state index in [1.165, 1.54) is 0 Å². The Morgan fingerprint density at radius 1 is 1.55 bits per heavy atom. The summed E-state index contributed by atoms with van der Waals surface area (Å²) in [6.45, 7) is 2.02. The second kappa shape index (κ2) is 6.25. The standard InChI is InChI=1S/C15H15ClN2OS/c1-2-9-7-11(5-6-13(9)16)18-15(20)12(8-17)14(19)10-3-4-10/h5-7,10,19H,2-4H2,1H3,(H,18,20). The van der Waals surface area contributed by atoms with Crippen molar-refractivity contribution >= 4 is 34.5 Å². The van der Waals surface area contributed by atoms with Crippen LogP contribution >= 0.6 is 23.8 Å². The summed E-state index contributed by atoms with van der Waals surface area (Å²) in [5.74, 6) is 0.204. The Morgan fingerprint density at radius 2 is 2.25 bits per heavy atom. The van der Waals surface area contributed by atoms with Gasteiger partial charge in [0.15, 0.2) is 0 Å². The lowest BCUT2D eigenvalue weighted by molar-refractivity contribution is 0.377. The van der Waals surface area contributed by atoms with E-state index in [9.17, 15) is 5.11 Å². The summed E-state index contributed by atoms with van der Waals surface area (Å²) in [7, 11) is 0. The predicted molar refractivity (Wildman–Crippen MR) is 85.0 cm³/mol. The minimum atomic E-state index is 0.0980. The van der Waals surface area contributed by atoms with Crippen LogP contribution < -0.4 is 5.32 Å². The van der Waals surface area contributed by atoms with Crippen LogP contribution in [0.25, 0.3) is 0 Å². The maximum absolute atomic E-state index is 9.95. The predicted octanol–water partition coefficient (Wildman–Crippen LogP) is 4.39. The fourth-order valence-corrected chi connectivity index (χ4v) is 2.42. The van der Waals surface area contributed by atoms with E-state index in [0.717, 1.165) is 30.5 Å². The maximum Gasteiger partial charge on any atom is 0.125 e. The van der Waals surface area contributed by atoms with Crippen molar-refractivity contribution in [2.24, 2.45) is 5.92 Å². The van der Waals surface area contributed by atoms with Crippen molar-refractivity contribution < 1.29 is 5.11 Å². The molecule has 3 nitrogen and oxygen atoms in total. The quantitative estimate of drug-likeness (QED) is 0.375. The zero-order chi connectivity index (χ0) is 14.7. The molecule has 0 saturated heterocycles. The third kappa shape index (κ3) is 3.30. The number of allylic oxidation sites excluding steroid dienone is 1. The van der Waals surface area contributed by atoms with Crippen LogP contribution in [0.2, 0.25) is 5.02 Å². The highest BCUT2D eigenvalue weighted by Crippen LogP contribution is 2.36. The fraction of sp³-hybridized carbons (Fsp3) is 0.333. The third-order valence-electron chi connectivity index (χ3n) is 3.24. The van der Waals surface area contributed by atoms with E-state index in [0.29, 0.717) is 5.02 Å². The number of rotatable bonds is 4. The van der Waals surface area contributed by atoms with Gasteiger partial charge >= 0.3 is 0 Å². The van der Waals surface area contributed by atoms with Crippen LogP contribution in [0.5, 0.6) is 0 Å². The van der Waals surface area contributed by atoms with Gasteiger partial charge in [-0.3, -0.25) is 0 Å². The Morgan fingerprint density at radius 3 is 2.80 bits per heavy atom. The van der Waals surface area contributed by atoms with Gasteiger partial charge in [0, 0.05) is 16.6 Å². The molecule has 0 radical (unpaired) electrons. The molecule has 1 saturated carbocycles. The molecule has 0 spiro atoms. The third-order valence-corrected chi connectivity index (χ3v) is 3.92. The molecule has 0 aliphatic heterocycles. The first-order valence-electron chi connectivity index (χ1n) is 6.49. The van der Waals surface area contributed by atoms with Gasteiger partial charge in [0.2, 0.25) is 0 Å². The lowest BCUT2D eigenvalue weighted by Gasteiger charge is -2.10. The molecular weight excluding hydrogens is 292 g/mol. The van der Waals surface area contributed by atoms with Crippen molar-refractivity contribution in [3.8, 4) is 6.07 Å². The first-order chi connectivity index (χ1) is 9.56. The van der Waals surface area contributed by atoms with Gasteiger partial charge in [-0.25, -0.2) is 0 Å². The van der Waals surface area contributed by atoms with E-state index in [-0.39, 0.29) is 22.2 Å². The van der Waals surface area contributed by atoms with Crippen molar-refractivity contribution in [1.29, 1.82) is 5.26 Å². The highest BCUT2D eigenvalue weighted by Gasteiger charge is 2.29. The molecule has 0 heterocycles. The summed E-state index contributed by atoms with van der Waals surface area (Å²) >= 11 is 11.3. The highest BCUT2D eigenvalue weighted by atomic mass is 35.5. The van der Waals surface area contributed by atoms with E-state index in [2.05, 4.69) is 5.32 Å². The lowest BCUT2D eigenvalue weighted by atomic mass is 10.1. The summed E-state index contributed by atoms with van der Waals surface area (Å²) < 4.78 is 0. The number of aryl methyl sites for hydroxylation is 1. The van der Waals surface area contributed by atoms with Crippen molar-refractivity contribution in [3.05, 3.63) is 40.1 Å². The van der Waals surface area contributed by atoms with Gasteiger partial charge in [-0.1, -0.05) is 30.7 Å². The molecule has 20 heavy (non-hydrogen) atoms. The van der Waals surface area contributed by atoms with Gasteiger partial charge in [-0.15, -0.1) is 0 Å². The first kappa shape index (κ1) is 14.8. The molecule has 104 valence electrons. The summed E-state index contributed by atoms with van der Waals surface area (Å²) in [4.78, 5) is 0.251. The molecule has 0 aromatic heterocycles. The van der Waals surface area contributed by atoms with E-state index in [4.69, 9.17) is 29.1 Å². The number of anilines is 1. The molecule has 1 aliphatic carbocycles. The van der Waals surface area contributed by atoms with E-state index >= 15 is 0 Å². The van der Waals surface area contributed by atoms with Crippen LogP contribution in [0.4, 0.5) is 5.69 Å². The molecule has 0 unspecified atom stereocenters. The van der Waals surface area contributed by atoms with Crippen LogP contribution in [-0.4, -0.2) is 10.1 Å². The summed E-state index contributed by atoms with van der Waals surface area (Å²) in [6, 6.07) is 7.48. The molecule has 0 atom stereocenters. The molecule has 1 aliphatic rings. The lowest BCUT2D eigenvalue weighted by Crippen LogP contribution is -2.14. The Balaban J connectivity index is 2.19. The molecule has 2 rings (SSSR count). The molecule has 1 aromatic carbocycles. The number of aliphatic hydroxyl groups excluding tert-OH is 1. The smallest absolute Gasteiger partial charge is 0.125 e. The molecular formula is C15H15ClN2OS. The van der Waals surface area contributed by atoms with Crippen molar-refractivity contribution in [2.75, 3.05) is 5.32 Å². The Labute approximate surface area is 128 Å². The van der Waals surface area contributed by atoms with Crippen LogP contribution in [0.3, 0.4) is 0 Å². The monoisotopic (exact) mass is 306 g/mol. The number of halogens is 1. The Bertz CT molecular complexity index is 615. The largest absolute Gasteiger partial charge is 0.511 e. The van der Waals surface area contributed by atoms with Crippen molar-refractivity contribution in [1.82, 2.24) is 0 Å². The number of thiocarbonyl (C=S) groups is 1. The number of hydrogen-bond acceptors (Lipinski definition) is 3. The minimum absolute atomic E-state index is 0.0980. The Kier molecular flexibility index (Phi) is 4.64. The first-order valence-corrected chi connectivity index (χ1v) is 7.28. The number of nitriles is 1. The van der Waals surface area contributed by atoms with Crippen LogP contribution in [-0.2, 0) is 6.42 Å². The minimum Gasteiger partial charge on any atom is -0.511 e. The van der Waals surface area contributed by atoms with Gasteiger partial charge in [0.25, 0.3) is 0 Å². The normalized spacial score (nSPS) is 15.2. The maximum atomic E-state index is 9.95. The highest BCUT2D eigenvalue weighted by molar-refractivity contribution is 7.81. The SMILES string of the molecule is CCc1cc(NC(=S)C(C#N)=C(O)C2CC2)ccc1Cl. The second-order valence-electron chi connectivity index (χ2n) is 4.76. The fourth-order valence-electron chi connectivity index (χ4n) is 1.90. The van der Waals surface area contributed by atoms with Crippen LogP contribution in [0.15, 0.2) is 29.5 Å². The number of nitrogens with zero attached hydrogens (tertiary/aromatic N) is 1.